The van der Waals surface area contributed by atoms with Crippen LogP contribution >= 0.6 is 11.8 Å². The number of aromatic nitrogens is 3. The van der Waals surface area contributed by atoms with Gasteiger partial charge in [0.15, 0.2) is 0 Å². The fourth-order valence-electron chi connectivity index (χ4n) is 3.17. The van der Waals surface area contributed by atoms with Crippen molar-refractivity contribution in [2.75, 3.05) is 16.4 Å². The first-order chi connectivity index (χ1) is 17.0. The molecule has 2 amide bonds. The van der Waals surface area contributed by atoms with Crippen molar-refractivity contribution in [3.63, 3.8) is 0 Å². The van der Waals surface area contributed by atoms with Crippen LogP contribution in [0.3, 0.4) is 0 Å². The molecule has 9 heteroatoms. The molecule has 0 unspecified atom stereocenters. The Labute approximate surface area is 205 Å². The minimum atomic E-state index is -0.314. The molecule has 0 aliphatic rings. The lowest BCUT2D eigenvalue weighted by atomic mass is 10.1. The number of hydrogen-bond acceptors (Lipinski definition) is 5. The number of anilines is 2. The maximum atomic E-state index is 13.0. The summed E-state index contributed by atoms with van der Waals surface area (Å²) in [5.74, 6) is -0.333. The van der Waals surface area contributed by atoms with Crippen LogP contribution < -0.4 is 10.6 Å². The van der Waals surface area contributed by atoms with Crippen LogP contribution in [0.2, 0.25) is 0 Å². The van der Waals surface area contributed by atoms with Gasteiger partial charge in [0.05, 0.1) is 17.0 Å². The molecule has 4 rings (SSSR count). The van der Waals surface area contributed by atoms with E-state index in [9.17, 15) is 14.0 Å². The summed E-state index contributed by atoms with van der Waals surface area (Å²) in [5, 5.41) is 12.9. The molecule has 1 aromatic heterocycles. The number of rotatable bonds is 8. The Balaban J connectivity index is 1.33. The molecule has 0 saturated carbocycles. The van der Waals surface area contributed by atoms with E-state index in [0.29, 0.717) is 27.9 Å². The van der Waals surface area contributed by atoms with Crippen molar-refractivity contribution in [3.05, 3.63) is 101 Å². The van der Waals surface area contributed by atoms with E-state index in [1.54, 1.807) is 48.6 Å². The minimum Gasteiger partial charge on any atom is -0.325 e. The molecule has 7 nitrogen and oxygen atoms in total. The van der Waals surface area contributed by atoms with Crippen LogP contribution in [0.25, 0.3) is 12.2 Å². The Morgan fingerprint density at radius 2 is 1.80 bits per heavy atom. The molecule has 0 radical (unpaired) electrons. The largest absolute Gasteiger partial charge is 0.325 e. The van der Waals surface area contributed by atoms with Crippen LogP contribution in [0.4, 0.5) is 15.8 Å². The van der Waals surface area contributed by atoms with Gasteiger partial charge in [-0.2, -0.15) is 0 Å². The van der Waals surface area contributed by atoms with Crippen molar-refractivity contribution < 1.29 is 14.0 Å². The summed E-state index contributed by atoms with van der Waals surface area (Å²) in [6.45, 7) is 1.94. The summed E-state index contributed by atoms with van der Waals surface area (Å²) in [5.41, 5.74) is 3.31. The maximum Gasteiger partial charge on any atom is 0.257 e. The first-order valence-corrected chi connectivity index (χ1v) is 11.7. The summed E-state index contributed by atoms with van der Waals surface area (Å²) in [7, 11) is 0. The first-order valence-electron chi connectivity index (χ1n) is 10.7. The molecule has 35 heavy (non-hydrogen) atoms. The Morgan fingerprint density at radius 1 is 1.00 bits per heavy atom. The number of nitrogens with zero attached hydrogens (tertiary/aromatic N) is 2. The zero-order valence-corrected chi connectivity index (χ0v) is 19.6. The van der Waals surface area contributed by atoms with Gasteiger partial charge in [0, 0.05) is 5.69 Å². The van der Waals surface area contributed by atoms with Gasteiger partial charge in [0.1, 0.15) is 11.6 Å². The van der Waals surface area contributed by atoms with Gasteiger partial charge in [-0.3, -0.25) is 14.7 Å². The number of aromatic amines is 1. The van der Waals surface area contributed by atoms with Gasteiger partial charge >= 0.3 is 0 Å². The quantitative estimate of drug-likeness (QED) is 0.289. The summed E-state index contributed by atoms with van der Waals surface area (Å²) in [6.07, 6.45) is 3.49. The minimum absolute atomic E-state index is 0.0623. The van der Waals surface area contributed by atoms with Crippen molar-refractivity contribution in [2.45, 2.75) is 12.1 Å². The summed E-state index contributed by atoms with van der Waals surface area (Å²) in [4.78, 5) is 29.6. The molecule has 0 fully saturated rings. The predicted octanol–water partition coefficient (Wildman–Crippen LogP) is 5.41. The number of benzene rings is 3. The molecule has 0 spiro atoms. The molecule has 0 saturated heterocycles. The molecular formula is C26H22FN5O2S. The van der Waals surface area contributed by atoms with E-state index >= 15 is 0 Å². The van der Waals surface area contributed by atoms with Crippen molar-refractivity contribution >= 4 is 47.1 Å². The van der Waals surface area contributed by atoms with Crippen LogP contribution in [-0.4, -0.2) is 32.7 Å². The zero-order chi connectivity index (χ0) is 24.6. The lowest BCUT2D eigenvalue weighted by Gasteiger charge is -2.11. The Hall–Kier alpha value is -4.24. The van der Waals surface area contributed by atoms with E-state index in [0.717, 1.165) is 22.9 Å². The summed E-state index contributed by atoms with van der Waals surface area (Å²) < 4.78 is 13.0. The van der Waals surface area contributed by atoms with Gasteiger partial charge in [-0.15, -0.1) is 5.10 Å². The van der Waals surface area contributed by atoms with E-state index < -0.39 is 0 Å². The number of aryl methyl sites for hydroxylation is 1. The lowest BCUT2D eigenvalue weighted by molar-refractivity contribution is -0.113. The molecule has 3 N–H and O–H groups in total. The highest BCUT2D eigenvalue weighted by Gasteiger charge is 2.14. The third-order valence-electron chi connectivity index (χ3n) is 4.84. The highest BCUT2D eigenvalue weighted by Crippen LogP contribution is 2.20. The van der Waals surface area contributed by atoms with Crippen LogP contribution in [0, 0.1) is 12.7 Å². The van der Waals surface area contributed by atoms with Gasteiger partial charge in [0.2, 0.25) is 11.1 Å². The molecule has 0 aliphatic heterocycles. The van der Waals surface area contributed by atoms with Gasteiger partial charge in [-0.1, -0.05) is 54.2 Å². The lowest BCUT2D eigenvalue weighted by Crippen LogP contribution is -2.19. The number of H-pyrrole nitrogens is 1. The van der Waals surface area contributed by atoms with Crippen molar-refractivity contribution in [3.8, 4) is 0 Å². The average Bonchev–Trinajstić information content (AvgIpc) is 3.31. The average molecular weight is 488 g/mol. The van der Waals surface area contributed by atoms with E-state index in [2.05, 4.69) is 25.8 Å². The fourth-order valence-corrected chi connectivity index (χ4v) is 3.78. The maximum absolute atomic E-state index is 13.0. The Morgan fingerprint density at radius 3 is 2.60 bits per heavy atom. The molecule has 176 valence electrons. The van der Waals surface area contributed by atoms with Crippen LogP contribution in [-0.2, 0) is 4.79 Å². The summed E-state index contributed by atoms with van der Waals surface area (Å²) >= 11 is 1.16. The molecule has 4 aromatic rings. The van der Waals surface area contributed by atoms with Crippen molar-refractivity contribution in [1.29, 1.82) is 0 Å². The summed E-state index contributed by atoms with van der Waals surface area (Å²) in [6, 6.07) is 20.4. The first kappa shape index (κ1) is 23.9. The Kier molecular flexibility index (Phi) is 7.69. The molecule has 0 bridgehead atoms. The van der Waals surface area contributed by atoms with E-state index in [-0.39, 0.29) is 23.4 Å². The number of halogens is 1. The molecule has 0 aliphatic carbocycles. The molecule has 3 aromatic carbocycles. The van der Waals surface area contributed by atoms with Gasteiger partial charge in [-0.05, 0) is 60.5 Å². The predicted molar refractivity (Wildman–Crippen MR) is 137 cm³/mol. The monoisotopic (exact) mass is 487 g/mol. The van der Waals surface area contributed by atoms with Crippen molar-refractivity contribution in [1.82, 2.24) is 15.2 Å². The molecule has 1 heterocycles. The van der Waals surface area contributed by atoms with Crippen LogP contribution in [0.15, 0.2) is 78.0 Å². The number of nitrogens with one attached hydrogen (secondary N) is 3. The number of carbonyl (C=O) groups excluding carboxylic acids is 2. The second-order valence-corrected chi connectivity index (χ2v) is 8.54. The van der Waals surface area contributed by atoms with E-state index in [4.69, 9.17) is 0 Å². The van der Waals surface area contributed by atoms with Gasteiger partial charge in [-0.25, -0.2) is 9.37 Å². The van der Waals surface area contributed by atoms with Crippen LogP contribution in [0.5, 0.6) is 0 Å². The SMILES string of the molecule is Cc1cccc(NC(=O)c2ccccc2NC(=O)CSc2n[nH]c(/C=C/c3ccc(F)cc3)n2)c1. The van der Waals surface area contributed by atoms with Gasteiger partial charge < -0.3 is 10.6 Å². The van der Waals surface area contributed by atoms with Crippen LogP contribution in [0.1, 0.15) is 27.3 Å². The highest BCUT2D eigenvalue weighted by atomic mass is 32.2. The number of thioether (sulfide) groups is 1. The fraction of sp³-hybridized carbons (Fsp3) is 0.0769. The number of para-hydroxylation sites is 1. The number of hydrogen-bond donors (Lipinski definition) is 3. The van der Waals surface area contributed by atoms with Gasteiger partial charge in [0.25, 0.3) is 5.91 Å². The molecular weight excluding hydrogens is 465 g/mol. The van der Waals surface area contributed by atoms with Crippen molar-refractivity contribution in [2.24, 2.45) is 0 Å². The van der Waals surface area contributed by atoms with E-state index in [1.807, 2.05) is 31.2 Å². The highest BCUT2D eigenvalue weighted by molar-refractivity contribution is 7.99. The topological polar surface area (TPSA) is 99.8 Å². The second-order valence-electron chi connectivity index (χ2n) is 7.59. The third kappa shape index (κ3) is 6.87. The smallest absolute Gasteiger partial charge is 0.257 e. The number of carbonyl (C=O) groups is 2. The third-order valence-corrected chi connectivity index (χ3v) is 5.69. The Bertz CT molecular complexity index is 1370. The number of amides is 2. The van der Waals surface area contributed by atoms with E-state index in [1.165, 1.54) is 12.1 Å². The second kappa shape index (κ2) is 11.3. The standard InChI is InChI=1S/C26H22FN5O2S/c1-17-5-4-6-20(15-17)28-25(34)21-7-2-3-8-22(21)29-24(33)16-35-26-30-23(31-32-26)14-11-18-9-12-19(27)13-10-18/h2-15H,16H2,1H3,(H,28,34)(H,29,33)(H,30,31,32)/b14-11+. The zero-order valence-electron chi connectivity index (χ0n) is 18.8. The normalized spacial score (nSPS) is 10.9. The molecule has 0 atom stereocenters.